The van der Waals surface area contributed by atoms with Gasteiger partial charge in [-0.15, -0.1) is 0 Å². The van der Waals surface area contributed by atoms with Crippen molar-refractivity contribution in [3.8, 4) is 0 Å². The molecule has 0 bridgehead atoms. The van der Waals surface area contributed by atoms with E-state index in [2.05, 4.69) is 5.16 Å². The van der Waals surface area contributed by atoms with Gasteiger partial charge in [-0.05, 0) is 18.8 Å². The predicted octanol–water partition coefficient (Wildman–Crippen LogP) is 1.78. The first-order valence-corrected chi connectivity index (χ1v) is 6.61. The van der Waals surface area contributed by atoms with Crippen LogP contribution in [0.1, 0.15) is 33.6 Å². The Balaban J connectivity index is 2.45. The van der Waals surface area contributed by atoms with Crippen molar-refractivity contribution in [2.45, 2.75) is 33.6 Å². The molecule has 0 heterocycles. The van der Waals surface area contributed by atoms with Crippen LogP contribution in [0.2, 0.25) is 0 Å². The van der Waals surface area contributed by atoms with E-state index in [-0.39, 0.29) is 11.3 Å². The lowest BCUT2D eigenvalue weighted by atomic mass is 10.00. The van der Waals surface area contributed by atoms with Crippen molar-refractivity contribution in [3.05, 3.63) is 0 Å². The van der Waals surface area contributed by atoms with Gasteiger partial charge in [0.2, 0.25) is 0 Å². The van der Waals surface area contributed by atoms with Crippen molar-refractivity contribution >= 4 is 18.2 Å². The van der Waals surface area contributed by atoms with E-state index in [9.17, 15) is 9.59 Å². The minimum atomic E-state index is -1.14. The lowest BCUT2D eigenvalue weighted by Crippen LogP contribution is -2.30. The molecule has 20 heavy (non-hydrogen) atoms. The monoisotopic (exact) mass is 285 g/mol. The summed E-state index contributed by atoms with van der Waals surface area (Å²) in [6.07, 6.45) is 2.72. The normalized spacial score (nSPS) is 20.6. The maximum absolute atomic E-state index is 11.7. The van der Waals surface area contributed by atoms with E-state index in [0.717, 1.165) is 0 Å². The molecule has 1 aliphatic carbocycles. The molecule has 1 aliphatic rings. The van der Waals surface area contributed by atoms with Crippen molar-refractivity contribution in [3.63, 3.8) is 0 Å². The summed E-state index contributed by atoms with van der Waals surface area (Å²) in [5.41, 5.74) is -1.18. The average Bonchev–Trinajstić information content (AvgIpc) is 3.10. The molecule has 1 fully saturated rings. The molecule has 0 saturated heterocycles. The number of oxime groups is 1. The van der Waals surface area contributed by atoms with E-state index in [1.165, 1.54) is 14.2 Å². The number of ether oxygens (including phenoxy) is 2. The standard InChI is InChI=1S/C14H23NO5/c1-13(2,3)9-15-20-7-6-10-8-14(10,11(16)18-4)12(17)19-5/h9-10H,6-8H2,1-5H3/b15-9+/t10-/m0/s1. The Bertz CT molecular complexity index is 381. The summed E-state index contributed by atoms with van der Waals surface area (Å²) in [6, 6.07) is 0. The number of carbonyl (C=O) groups is 2. The molecule has 0 aliphatic heterocycles. The number of methoxy groups -OCH3 is 2. The Kier molecular flexibility index (Phi) is 5.14. The molecule has 1 atom stereocenters. The molecule has 0 unspecified atom stereocenters. The maximum atomic E-state index is 11.7. The van der Waals surface area contributed by atoms with Crippen LogP contribution in [0.25, 0.3) is 0 Å². The van der Waals surface area contributed by atoms with E-state index in [4.69, 9.17) is 14.3 Å². The first-order chi connectivity index (χ1) is 9.28. The van der Waals surface area contributed by atoms with Crippen LogP contribution in [-0.2, 0) is 23.9 Å². The van der Waals surface area contributed by atoms with E-state index in [0.29, 0.717) is 19.4 Å². The van der Waals surface area contributed by atoms with Gasteiger partial charge >= 0.3 is 11.9 Å². The van der Waals surface area contributed by atoms with Crippen molar-refractivity contribution in [2.24, 2.45) is 21.9 Å². The summed E-state index contributed by atoms with van der Waals surface area (Å²) in [7, 11) is 2.54. The Hall–Kier alpha value is -1.59. The molecular formula is C14H23NO5. The number of nitrogens with zero attached hydrogens (tertiary/aromatic N) is 1. The lowest BCUT2D eigenvalue weighted by molar-refractivity contribution is -0.162. The first kappa shape index (κ1) is 16.5. The topological polar surface area (TPSA) is 74.2 Å². The minimum absolute atomic E-state index is 0.0403. The summed E-state index contributed by atoms with van der Waals surface area (Å²) in [5.74, 6) is -1.17. The third-order valence-corrected chi connectivity index (χ3v) is 3.28. The van der Waals surface area contributed by atoms with Gasteiger partial charge in [-0.3, -0.25) is 9.59 Å². The highest BCUT2D eigenvalue weighted by atomic mass is 16.6. The quantitative estimate of drug-likeness (QED) is 0.244. The van der Waals surface area contributed by atoms with Crippen molar-refractivity contribution in [2.75, 3.05) is 20.8 Å². The van der Waals surface area contributed by atoms with Gasteiger partial charge in [-0.1, -0.05) is 25.9 Å². The van der Waals surface area contributed by atoms with E-state index < -0.39 is 17.4 Å². The van der Waals surface area contributed by atoms with Crippen LogP contribution in [0.3, 0.4) is 0 Å². The zero-order valence-corrected chi connectivity index (χ0v) is 12.8. The fourth-order valence-electron chi connectivity index (χ4n) is 2.07. The third kappa shape index (κ3) is 3.71. The molecule has 0 aromatic rings. The first-order valence-electron chi connectivity index (χ1n) is 6.61. The molecular weight excluding hydrogens is 262 g/mol. The second kappa shape index (κ2) is 6.24. The Labute approximate surface area is 119 Å². The Morgan fingerprint density at radius 2 is 1.80 bits per heavy atom. The van der Waals surface area contributed by atoms with Crippen LogP contribution in [0.5, 0.6) is 0 Å². The van der Waals surface area contributed by atoms with Crippen LogP contribution in [0.4, 0.5) is 0 Å². The largest absolute Gasteiger partial charge is 0.468 e. The van der Waals surface area contributed by atoms with Gasteiger partial charge in [0.15, 0.2) is 5.41 Å². The Morgan fingerprint density at radius 1 is 1.25 bits per heavy atom. The van der Waals surface area contributed by atoms with Gasteiger partial charge in [-0.2, -0.15) is 0 Å². The molecule has 0 aromatic heterocycles. The van der Waals surface area contributed by atoms with Crippen molar-refractivity contribution in [1.82, 2.24) is 0 Å². The van der Waals surface area contributed by atoms with Gasteiger partial charge in [0.25, 0.3) is 0 Å². The summed E-state index contributed by atoms with van der Waals surface area (Å²) in [4.78, 5) is 28.6. The van der Waals surface area contributed by atoms with Gasteiger partial charge in [-0.25, -0.2) is 0 Å². The van der Waals surface area contributed by atoms with Gasteiger partial charge in [0, 0.05) is 11.6 Å². The number of hydrogen-bond acceptors (Lipinski definition) is 6. The molecule has 1 saturated carbocycles. The molecule has 114 valence electrons. The molecule has 6 nitrogen and oxygen atoms in total. The average molecular weight is 285 g/mol. The van der Waals surface area contributed by atoms with Crippen molar-refractivity contribution < 1.29 is 23.9 Å². The maximum Gasteiger partial charge on any atom is 0.323 e. The fraction of sp³-hybridized carbons (Fsp3) is 0.786. The van der Waals surface area contributed by atoms with E-state index in [1.807, 2.05) is 20.8 Å². The van der Waals surface area contributed by atoms with Crippen LogP contribution in [0, 0.1) is 16.7 Å². The van der Waals surface area contributed by atoms with Gasteiger partial charge in [0.1, 0.15) is 6.61 Å². The number of carbonyl (C=O) groups excluding carboxylic acids is 2. The fourth-order valence-corrected chi connectivity index (χ4v) is 2.07. The second-order valence-electron chi connectivity index (χ2n) is 6.08. The highest BCUT2D eigenvalue weighted by Crippen LogP contribution is 2.56. The molecule has 0 spiro atoms. The smallest absolute Gasteiger partial charge is 0.323 e. The second-order valence-corrected chi connectivity index (χ2v) is 6.08. The summed E-state index contributed by atoms with van der Waals surface area (Å²) in [5, 5.41) is 3.86. The van der Waals surface area contributed by atoms with Crippen LogP contribution >= 0.6 is 0 Å². The zero-order valence-electron chi connectivity index (χ0n) is 12.8. The predicted molar refractivity (Wildman–Crippen MR) is 73.1 cm³/mol. The molecule has 0 N–H and O–H groups in total. The molecule has 0 aromatic carbocycles. The number of hydrogen-bond donors (Lipinski definition) is 0. The minimum Gasteiger partial charge on any atom is -0.468 e. The lowest BCUT2D eigenvalue weighted by Gasteiger charge is -2.12. The van der Waals surface area contributed by atoms with E-state index >= 15 is 0 Å². The highest BCUT2D eigenvalue weighted by Gasteiger charge is 2.67. The van der Waals surface area contributed by atoms with Crippen LogP contribution in [0.15, 0.2) is 5.16 Å². The van der Waals surface area contributed by atoms with Gasteiger partial charge in [0.05, 0.1) is 14.2 Å². The van der Waals surface area contributed by atoms with Crippen LogP contribution < -0.4 is 0 Å². The molecule has 6 heteroatoms. The van der Waals surface area contributed by atoms with Crippen LogP contribution in [-0.4, -0.2) is 39.0 Å². The van der Waals surface area contributed by atoms with E-state index in [1.54, 1.807) is 6.21 Å². The molecule has 1 rings (SSSR count). The zero-order chi connectivity index (χ0) is 15.4. The number of rotatable bonds is 6. The van der Waals surface area contributed by atoms with Gasteiger partial charge < -0.3 is 14.3 Å². The highest BCUT2D eigenvalue weighted by molar-refractivity contribution is 6.03. The molecule has 0 amide bonds. The summed E-state index contributed by atoms with van der Waals surface area (Å²) >= 11 is 0. The van der Waals surface area contributed by atoms with Crippen molar-refractivity contribution in [1.29, 1.82) is 0 Å². The summed E-state index contributed by atoms with van der Waals surface area (Å²) in [6.45, 7) is 6.40. The molecule has 0 radical (unpaired) electrons. The number of esters is 2. The third-order valence-electron chi connectivity index (χ3n) is 3.28. The Morgan fingerprint density at radius 3 is 2.25 bits per heavy atom. The SMILES string of the molecule is COC(=O)C1(C(=O)OC)C[C@@H]1CCO/N=C/C(C)(C)C. The summed E-state index contributed by atoms with van der Waals surface area (Å²) < 4.78 is 9.39.